The van der Waals surface area contributed by atoms with Crippen LogP contribution in [0.4, 0.5) is 5.69 Å². The Morgan fingerprint density at radius 3 is 2.32 bits per heavy atom. The summed E-state index contributed by atoms with van der Waals surface area (Å²) in [5.74, 6) is -0.0910. The van der Waals surface area contributed by atoms with E-state index in [0.717, 1.165) is 4.90 Å². The van der Waals surface area contributed by atoms with Gasteiger partial charge in [-0.05, 0) is 48.9 Å². The van der Waals surface area contributed by atoms with Crippen molar-refractivity contribution < 1.29 is 4.79 Å². The molecule has 1 atom stereocenters. The molecule has 0 aliphatic rings. The smallest absolute Gasteiger partial charge is 0.237 e. The first kappa shape index (κ1) is 17.5. The highest BCUT2D eigenvalue weighted by atomic mass is 35.5. The third-order valence-corrected chi connectivity index (χ3v) is 5.12. The number of anilines is 1. The summed E-state index contributed by atoms with van der Waals surface area (Å²) in [6.07, 6.45) is 0.699. The van der Waals surface area contributed by atoms with Gasteiger partial charge in [0, 0.05) is 14.9 Å². The van der Waals surface area contributed by atoms with Gasteiger partial charge in [0.1, 0.15) is 0 Å². The Labute approximate surface area is 149 Å². The number of hydrogen-bond donors (Lipinski definition) is 1. The molecule has 0 aliphatic carbocycles. The average molecular weight is 375 g/mol. The lowest BCUT2D eigenvalue weighted by atomic mass is 10.2. The maximum Gasteiger partial charge on any atom is 0.237 e. The highest BCUT2D eigenvalue weighted by Crippen LogP contribution is 2.30. The van der Waals surface area contributed by atoms with Crippen molar-refractivity contribution in [3.8, 4) is 0 Å². The Bertz CT molecular complexity index is 661. The molecule has 0 saturated carbocycles. The first-order valence-corrected chi connectivity index (χ1v) is 8.69. The van der Waals surface area contributed by atoms with E-state index in [0.29, 0.717) is 27.2 Å². The first-order chi connectivity index (χ1) is 10.5. The number of benzene rings is 2. The molecule has 0 saturated heterocycles. The lowest BCUT2D eigenvalue weighted by molar-refractivity contribution is -0.115. The fraction of sp³-hybridized carbons (Fsp3) is 0.188. The van der Waals surface area contributed by atoms with Gasteiger partial charge in [-0.1, -0.05) is 41.7 Å². The molecular formula is C16H14Cl3NOS. The molecular weight excluding hydrogens is 361 g/mol. The van der Waals surface area contributed by atoms with Crippen molar-refractivity contribution in [3.05, 3.63) is 57.5 Å². The van der Waals surface area contributed by atoms with Crippen LogP contribution >= 0.6 is 46.6 Å². The fourth-order valence-corrected chi connectivity index (χ4v) is 3.34. The number of rotatable bonds is 5. The van der Waals surface area contributed by atoms with Crippen LogP contribution in [0.25, 0.3) is 0 Å². The summed E-state index contributed by atoms with van der Waals surface area (Å²) >= 11 is 19.3. The molecule has 1 amide bonds. The molecule has 116 valence electrons. The fourth-order valence-electron chi connectivity index (χ4n) is 1.80. The molecule has 1 unspecified atom stereocenters. The third kappa shape index (κ3) is 4.82. The highest BCUT2D eigenvalue weighted by Gasteiger charge is 2.19. The maximum atomic E-state index is 12.4. The second kappa shape index (κ2) is 8.11. The Kier molecular flexibility index (Phi) is 6.45. The molecule has 0 aliphatic heterocycles. The molecule has 0 heterocycles. The predicted octanol–water partition coefficient (Wildman–Crippen LogP) is 6.16. The Morgan fingerprint density at radius 1 is 1.09 bits per heavy atom. The molecule has 0 bridgehead atoms. The van der Waals surface area contributed by atoms with Crippen molar-refractivity contribution >= 4 is 58.2 Å². The molecule has 6 heteroatoms. The lowest BCUT2D eigenvalue weighted by Gasteiger charge is -2.15. The first-order valence-electron chi connectivity index (χ1n) is 6.67. The van der Waals surface area contributed by atoms with Crippen LogP contribution in [0.5, 0.6) is 0 Å². The van der Waals surface area contributed by atoms with Crippen molar-refractivity contribution in [1.29, 1.82) is 0 Å². The Morgan fingerprint density at radius 2 is 1.73 bits per heavy atom. The van der Waals surface area contributed by atoms with Gasteiger partial charge < -0.3 is 5.32 Å². The van der Waals surface area contributed by atoms with Gasteiger partial charge in [-0.2, -0.15) is 0 Å². The van der Waals surface area contributed by atoms with Gasteiger partial charge in [0.2, 0.25) is 5.91 Å². The Balaban J connectivity index is 2.06. The number of carbonyl (C=O) groups is 1. The number of halogens is 3. The minimum Gasteiger partial charge on any atom is -0.324 e. The van der Waals surface area contributed by atoms with Gasteiger partial charge in [0.25, 0.3) is 0 Å². The minimum absolute atomic E-state index is 0.0910. The summed E-state index contributed by atoms with van der Waals surface area (Å²) in [7, 11) is 0. The van der Waals surface area contributed by atoms with Gasteiger partial charge in [-0.3, -0.25) is 4.79 Å². The van der Waals surface area contributed by atoms with E-state index in [2.05, 4.69) is 5.32 Å². The van der Waals surface area contributed by atoms with Crippen LogP contribution in [0.3, 0.4) is 0 Å². The van der Waals surface area contributed by atoms with Gasteiger partial charge in [-0.15, -0.1) is 11.8 Å². The topological polar surface area (TPSA) is 29.1 Å². The van der Waals surface area contributed by atoms with Crippen LogP contribution in [-0.4, -0.2) is 11.2 Å². The minimum atomic E-state index is -0.215. The number of thioether (sulfide) groups is 1. The average Bonchev–Trinajstić information content (AvgIpc) is 2.49. The highest BCUT2D eigenvalue weighted by molar-refractivity contribution is 8.00. The molecule has 0 radical (unpaired) electrons. The third-order valence-electron chi connectivity index (χ3n) is 2.94. The summed E-state index contributed by atoms with van der Waals surface area (Å²) in [6.45, 7) is 1.97. The zero-order valence-corrected chi connectivity index (χ0v) is 14.9. The van der Waals surface area contributed by atoms with Crippen LogP contribution in [0.15, 0.2) is 47.4 Å². The number of nitrogens with one attached hydrogen (secondary N) is 1. The van der Waals surface area contributed by atoms with E-state index in [9.17, 15) is 4.79 Å². The van der Waals surface area contributed by atoms with E-state index in [1.807, 2.05) is 31.2 Å². The Hall–Kier alpha value is -0.870. The van der Waals surface area contributed by atoms with Crippen molar-refractivity contribution in [2.75, 3.05) is 5.32 Å². The van der Waals surface area contributed by atoms with Crippen LogP contribution in [0.2, 0.25) is 15.1 Å². The quantitative estimate of drug-likeness (QED) is 0.635. The zero-order chi connectivity index (χ0) is 16.1. The van der Waals surface area contributed by atoms with Gasteiger partial charge in [0.15, 0.2) is 0 Å². The van der Waals surface area contributed by atoms with Crippen LogP contribution in [0, 0.1) is 0 Å². The molecule has 0 aromatic heterocycles. The van der Waals surface area contributed by atoms with Crippen LogP contribution in [-0.2, 0) is 4.79 Å². The van der Waals surface area contributed by atoms with Crippen molar-refractivity contribution in [1.82, 2.24) is 0 Å². The normalized spacial score (nSPS) is 12.0. The standard InChI is InChI=1S/C16H14Cl3NOS/c1-2-15(22-12-6-3-10(17)4-7-12)16(21)20-14-8-5-11(18)9-13(14)19/h3-9,15H,2H2,1H3,(H,20,21). The van der Waals surface area contributed by atoms with E-state index in [4.69, 9.17) is 34.8 Å². The number of hydrogen-bond acceptors (Lipinski definition) is 2. The van der Waals surface area contributed by atoms with E-state index in [1.54, 1.807) is 18.2 Å². The summed E-state index contributed by atoms with van der Waals surface area (Å²) in [6, 6.07) is 12.4. The molecule has 1 N–H and O–H groups in total. The van der Waals surface area contributed by atoms with E-state index in [1.165, 1.54) is 11.8 Å². The monoisotopic (exact) mass is 373 g/mol. The zero-order valence-electron chi connectivity index (χ0n) is 11.8. The number of carbonyl (C=O) groups excluding carboxylic acids is 1. The lowest BCUT2D eigenvalue weighted by Crippen LogP contribution is -2.24. The molecule has 2 nitrogen and oxygen atoms in total. The maximum absolute atomic E-state index is 12.4. The predicted molar refractivity (Wildman–Crippen MR) is 96.5 cm³/mol. The molecule has 0 spiro atoms. The SMILES string of the molecule is CCC(Sc1ccc(Cl)cc1)C(=O)Nc1ccc(Cl)cc1Cl. The molecule has 0 fully saturated rings. The second-order valence-electron chi connectivity index (χ2n) is 4.58. The largest absolute Gasteiger partial charge is 0.324 e. The second-order valence-corrected chi connectivity index (χ2v) is 7.14. The van der Waals surface area contributed by atoms with Gasteiger partial charge in [0.05, 0.1) is 16.0 Å². The summed E-state index contributed by atoms with van der Waals surface area (Å²) in [4.78, 5) is 13.4. The molecule has 22 heavy (non-hydrogen) atoms. The molecule has 2 aromatic rings. The number of amides is 1. The van der Waals surface area contributed by atoms with E-state index < -0.39 is 0 Å². The van der Waals surface area contributed by atoms with Crippen molar-refractivity contribution in [3.63, 3.8) is 0 Å². The summed E-state index contributed by atoms with van der Waals surface area (Å²) < 4.78 is 0. The van der Waals surface area contributed by atoms with Crippen molar-refractivity contribution in [2.24, 2.45) is 0 Å². The van der Waals surface area contributed by atoms with E-state index >= 15 is 0 Å². The molecule has 2 aromatic carbocycles. The molecule has 2 rings (SSSR count). The van der Waals surface area contributed by atoms with Crippen LogP contribution < -0.4 is 5.32 Å². The summed E-state index contributed by atoms with van der Waals surface area (Å²) in [5, 5.41) is 4.26. The van der Waals surface area contributed by atoms with E-state index in [-0.39, 0.29) is 11.2 Å². The summed E-state index contributed by atoms with van der Waals surface area (Å²) in [5.41, 5.74) is 0.561. The van der Waals surface area contributed by atoms with Crippen LogP contribution in [0.1, 0.15) is 13.3 Å². The van der Waals surface area contributed by atoms with Gasteiger partial charge >= 0.3 is 0 Å². The van der Waals surface area contributed by atoms with Crippen molar-refractivity contribution in [2.45, 2.75) is 23.5 Å². The van der Waals surface area contributed by atoms with Gasteiger partial charge in [-0.25, -0.2) is 0 Å².